The summed E-state index contributed by atoms with van der Waals surface area (Å²) in [5.41, 5.74) is 9.45. The maximum absolute atomic E-state index is 6.14. The Morgan fingerprint density at radius 1 is 1.35 bits per heavy atom. The summed E-state index contributed by atoms with van der Waals surface area (Å²) in [6.45, 7) is 4.35. The van der Waals surface area contributed by atoms with E-state index in [9.17, 15) is 0 Å². The standard InChI is InChI=1S/C12H13BrClN3/c1-7-12(14)8(2)17(16-7)11-4-9(6-15)3-10(13)5-11/h3-5H,6,15H2,1-2H3. The van der Waals surface area contributed by atoms with Crippen molar-refractivity contribution in [2.24, 2.45) is 5.73 Å². The van der Waals surface area contributed by atoms with Crippen LogP contribution in [-0.4, -0.2) is 9.78 Å². The van der Waals surface area contributed by atoms with Gasteiger partial charge in [-0.2, -0.15) is 5.10 Å². The van der Waals surface area contributed by atoms with Gasteiger partial charge in [-0.3, -0.25) is 0 Å². The lowest BCUT2D eigenvalue weighted by Gasteiger charge is -2.07. The highest BCUT2D eigenvalue weighted by atomic mass is 79.9. The zero-order valence-corrected chi connectivity index (χ0v) is 12.0. The molecule has 0 atom stereocenters. The maximum Gasteiger partial charge on any atom is 0.0848 e. The average Bonchev–Trinajstić information content (AvgIpc) is 2.56. The quantitative estimate of drug-likeness (QED) is 0.923. The molecule has 0 aliphatic rings. The van der Waals surface area contributed by atoms with Crippen molar-refractivity contribution >= 4 is 27.5 Å². The molecule has 17 heavy (non-hydrogen) atoms. The fraction of sp³-hybridized carbons (Fsp3) is 0.250. The molecule has 3 nitrogen and oxygen atoms in total. The zero-order chi connectivity index (χ0) is 12.6. The summed E-state index contributed by atoms with van der Waals surface area (Å²) in [5.74, 6) is 0. The highest BCUT2D eigenvalue weighted by Crippen LogP contribution is 2.25. The highest BCUT2D eigenvalue weighted by molar-refractivity contribution is 9.10. The van der Waals surface area contributed by atoms with Crippen LogP contribution in [0.5, 0.6) is 0 Å². The van der Waals surface area contributed by atoms with Crippen LogP contribution in [0.4, 0.5) is 0 Å². The first-order valence-electron chi connectivity index (χ1n) is 5.24. The summed E-state index contributed by atoms with van der Waals surface area (Å²) in [7, 11) is 0. The van der Waals surface area contributed by atoms with Crippen LogP contribution in [0.1, 0.15) is 17.0 Å². The largest absolute Gasteiger partial charge is 0.326 e. The number of halogens is 2. The van der Waals surface area contributed by atoms with E-state index in [0.29, 0.717) is 11.6 Å². The van der Waals surface area contributed by atoms with E-state index in [-0.39, 0.29) is 0 Å². The summed E-state index contributed by atoms with van der Waals surface area (Å²) < 4.78 is 2.82. The second-order valence-corrected chi connectivity index (χ2v) is 5.21. The SMILES string of the molecule is Cc1nn(-c2cc(Br)cc(CN)c2)c(C)c1Cl. The van der Waals surface area contributed by atoms with Crippen LogP contribution in [0, 0.1) is 13.8 Å². The molecule has 0 radical (unpaired) electrons. The van der Waals surface area contributed by atoms with E-state index in [1.54, 1.807) is 0 Å². The normalized spacial score (nSPS) is 10.9. The van der Waals surface area contributed by atoms with Gasteiger partial charge in [0.15, 0.2) is 0 Å². The molecule has 0 bridgehead atoms. The Labute approximate surface area is 114 Å². The van der Waals surface area contributed by atoms with Crippen LogP contribution < -0.4 is 5.73 Å². The van der Waals surface area contributed by atoms with E-state index in [0.717, 1.165) is 27.1 Å². The van der Waals surface area contributed by atoms with Crippen molar-refractivity contribution in [1.29, 1.82) is 0 Å². The van der Waals surface area contributed by atoms with E-state index in [4.69, 9.17) is 17.3 Å². The first-order chi connectivity index (χ1) is 8.02. The number of nitrogens with zero attached hydrogens (tertiary/aromatic N) is 2. The molecule has 2 N–H and O–H groups in total. The van der Waals surface area contributed by atoms with Crippen molar-refractivity contribution in [3.63, 3.8) is 0 Å². The van der Waals surface area contributed by atoms with Crippen LogP contribution in [-0.2, 0) is 6.54 Å². The molecule has 2 aromatic rings. The second kappa shape index (κ2) is 4.80. The molecular weight excluding hydrogens is 302 g/mol. The number of rotatable bonds is 2. The van der Waals surface area contributed by atoms with Gasteiger partial charge in [-0.1, -0.05) is 27.5 Å². The van der Waals surface area contributed by atoms with Crippen molar-refractivity contribution in [2.45, 2.75) is 20.4 Å². The first-order valence-corrected chi connectivity index (χ1v) is 6.41. The Morgan fingerprint density at radius 3 is 2.59 bits per heavy atom. The van der Waals surface area contributed by atoms with Crippen LogP contribution in [0.15, 0.2) is 22.7 Å². The van der Waals surface area contributed by atoms with Gasteiger partial charge >= 0.3 is 0 Å². The van der Waals surface area contributed by atoms with Gasteiger partial charge in [-0.25, -0.2) is 4.68 Å². The number of aryl methyl sites for hydroxylation is 1. The Morgan fingerprint density at radius 2 is 2.06 bits per heavy atom. The van der Waals surface area contributed by atoms with E-state index in [1.165, 1.54) is 0 Å². The molecule has 0 aliphatic heterocycles. The summed E-state index contributed by atoms with van der Waals surface area (Å²) >= 11 is 9.61. The van der Waals surface area contributed by atoms with Crippen molar-refractivity contribution in [1.82, 2.24) is 9.78 Å². The van der Waals surface area contributed by atoms with Gasteiger partial charge < -0.3 is 5.73 Å². The van der Waals surface area contributed by atoms with Gasteiger partial charge in [0.05, 0.1) is 22.1 Å². The number of hydrogen-bond acceptors (Lipinski definition) is 2. The van der Waals surface area contributed by atoms with Gasteiger partial charge in [-0.05, 0) is 37.6 Å². The molecule has 2 rings (SSSR count). The molecule has 1 heterocycles. The van der Waals surface area contributed by atoms with Crippen LogP contribution >= 0.6 is 27.5 Å². The fourth-order valence-electron chi connectivity index (χ4n) is 1.75. The summed E-state index contributed by atoms with van der Waals surface area (Å²) in [6, 6.07) is 6.01. The molecule has 0 amide bonds. The molecule has 1 aromatic heterocycles. The first kappa shape index (κ1) is 12.6. The number of benzene rings is 1. The Kier molecular flexibility index (Phi) is 3.56. The van der Waals surface area contributed by atoms with E-state index < -0.39 is 0 Å². The number of nitrogens with two attached hydrogens (primary N) is 1. The molecule has 5 heteroatoms. The van der Waals surface area contributed by atoms with Crippen molar-refractivity contribution in [3.05, 3.63) is 44.6 Å². The molecule has 90 valence electrons. The highest BCUT2D eigenvalue weighted by Gasteiger charge is 2.11. The topological polar surface area (TPSA) is 43.8 Å². The van der Waals surface area contributed by atoms with Gasteiger partial charge in [-0.15, -0.1) is 0 Å². The molecule has 0 aliphatic carbocycles. The summed E-state index contributed by atoms with van der Waals surface area (Å²) in [6.07, 6.45) is 0. The Balaban J connectivity index is 2.59. The zero-order valence-electron chi connectivity index (χ0n) is 9.67. The van der Waals surface area contributed by atoms with Crippen LogP contribution in [0.2, 0.25) is 5.02 Å². The van der Waals surface area contributed by atoms with Crippen molar-refractivity contribution in [3.8, 4) is 5.69 Å². The Bertz CT molecular complexity index is 563. The molecule has 0 saturated carbocycles. The van der Waals surface area contributed by atoms with Gasteiger partial charge in [0, 0.05) is 11.0 Å². The fourth-order valence-corrected chi connectivity index (χ4v) is 2.39. The third-order valence-corrected chi connectivity index (χ3v) is 3.63. The lowest BCUT2D eigenvalue weighted by Crippen LogP contribution is -2.02. The average molecular weight is 315 g/mol. The minimum Gasteiger partial charge on any atom is -0.326 e. The van der Waals surface area contributed by atoms with E-state index in [1.807, 2.05) is 36.7 Å². The van der Waals surface area contributed by atoms with Gasteiger partial charge in [0.25, 0.3) is 0 Å². The van der Waals surface area contributed by atoms with Crippen molar-refractivity contribution in [2.75, 3.05) is 0 Å². The Hall–Kier alpha value is -0.840. The van der Waals surface area contributed by atoms with E-state index in [2.05, 4.69) is 21.0 Å². The molecular formula is C12H13BrClN3. The maximum atomic E-state index is 6.14. The van der Waals surface area contributed by atoms with Crippen molar-refractivity contribution < 1.29 is 0 Å². The lowest BCUT2D eigenvalue weighted by molar-refractivity contribution is 0.830. The second-order valence-electron chi connectivity index (χ2n) is 3.92. The third-order valence-electron chi connectivity index (χ3n) is 2.63. The molecule has 0 spiro atoms. The van der Waals surface area contributed by atoms with Crippen LogP contribution in [0.3, 0.4) is 0 Å². The van der Waals surface area contributed by atoms with Gasteiger partial charge in [0.1, 0.15) is 0 Å². The van der Waals surface area contributed by atoms with E-state index >= 15 is 0 Å². The molecule has 0 saturated heterocycles. The smallest absolute Gasteiger partial charge is 0.0848 e. The molecule has 0 unspecified atom stereocenters. The number of aromatic nitrogens is 2. The number of hydrogen-bond donors (Lipinski definition) is 1. The summed E-state index contributed by atoms with van der Waals surface area (Å²) in [5, 5.41) is 5.13. The lowest BCUT2D eigenvalue weighted by atomic mass is 10.2. The van der Waals surface area contributed by atoms with Crippen LogP contribution in [0.25, 0.3) is 5.69 Å². The minimum atomic E-state index is 0.499. The summed E-state index contributed by atoms with van der Waals surface area (Å²) in [4.78, 5) is 0. The monoisotopic (exact) mass is 313 g/mol. The predicted octanol–water partition coefficient (Wildman–Crippen LogP) is 3.36. The minimum absolute atomic E-state index is 0.499. The predicted molar refractivity (Wildman–Crippen MR) is 73.6 cm³/mol. The molecule has 1 aromatic carbocycles. The van der Waals surface area contributed by atoms with Gasteiger partial charge in [0.2, 0.25) is 0 Å². The third kappa shape index (κ3) is 2.39. The molecule has 0 fully saturated rings.